The van der Waals surface area contributed by atoms with E-state index in [0.29, 0.717) is 29.4 Å². The van der Waals surface area contributed by atoms with E-state index in [9.17, 15) is 9.59 Å². The van der Waals surface area contributed by atoms with Gasteiger partial charge in [0.25, 0.3) is 5.91 Å². The minimum Gasteiger partial charge on any atom is -0.346 e. The van der Waals surface area contributed by atoms with Crippen LogP contribution in [0, 0.1) is 0 Å². The molecule has 0 radical (unpaired) electrons. The zero-order valence-corrected chi connectivity index (χ0v) is 24.5. The van der Waals surface area contributed by atoms with Crippen LogP contribution in [0.15, 0.2) is 90.1 Å². The van der Waals surface area contributed by atoms with Gasteiger partial charge in [-0.1, -0.05) is 12.1 Å². The average molecular weight is 591 g/mol. The van der Waals surface area contributed by atoms with Gasteiger partial charge in [0, 0.05) is 70.8 Å². The van der Waals surface area contributed by atoms with Crippen LogP contribution in [0.2, 0.25) is 0 Å². The van der Waals surface area contributed by atoms with E-state index in [2.05, 4.69) is 32.0 Å². The van der Waals surface area contributed by atoms with Gasteiger partial charge in [0.15, 0.2) is 0 Å². The quantitative estimate of drug-likeness (QED) is 0.161. The highest BCUT2D eigenvalue weighted by Crippen LogP contribution is 2.39. The first-order valence-corrected chi connectivity index (χ1v) is 14.8. The number of pyridine rings is 1. The van der Waals surface area contributed by atoms with Crippen molar-refractivity contribution in [1.82, 2.24) is 24.8 Å². The molecule has 0 atom stereocenters. The normalized spacial score (nSPS) is 12.5. The van der Waals surface area contributed by atoms with Crippen molar-refractivity contribution >= 4 is 57.6 Å². The van der Waals surface area contributed by atoms with E-state index in [4.69, 9.17) is 9.97 Å². The monoisotopic (exact) mass is 590 g/mol. The van der Waals surface area contributed by atoms with Gasteiger partial charge in [-0.2, -0.15) is 0 Å². The summed E-state index contributed by atoms with van der Waals surface area (Å²) in [7, 11) is 3.86. The fourth-order valence-corrected chi connectivity index (χ4v) is 5.77. The Kier molecular flexibility index (Phi) is 8.16. The molecule has 10 nitrogen and oxygen atoms in total. The van der Waals surface area contributed by atoms with E-state index in [1.54, 1.807) is 42.1 Å². The number of aryl methyl sites for hydroxylation is 1. The number of carbonyl (C=O) groups is 2. The number of anilines is 4. The molecule has 1 aliphatic rings. The average Bonchev–Trinajstić information content (AvgIpc) is 3.66. The fraction of sp³-hybridized carbons (Fsp3) is 0.156. The minimum absolute atomic E-state index is 0.222. The summed E-state index contributed by atoms with van der Waals surface area (Å²) in [5, 5.41) is 10.1. The topological polar surface area (TPSA) is 128 Å². The number of carbonyl (C=O) groups excluding carboxylic acids is 2. The zero-order valence-electron chi connectivity index (χ0n) is 23.7. The second-order valence-corrected chi connectivity index (χ2v) is 11.4. The van der Waals surface area contributed by atoms with Crippen molar-refractivity contribution < 1.29 is 9.59 Å². The Morgan fingerprint density at radius 1 is 1.00 bits per heavy atom. The number of nitrogens with one attached hydrogen (secondary N) is 4. The number of likely N-dealkylation sites (N-methyl/N-ethyl adjacent to an activating group) is 1. The standard InChI is InChI=1S/C32H30N8O2S/c1-40(2)15-4-7-27(41)35-23-10-8-20(9-11-23)31(42)36-24-5-3-6-25(18-24)37-32-38-26-13-16-43-29(26)28(39-32)22-17-21-12-14-33-30(21)34-19-22/h3-12,14,17-19H,13,15-16H2,1-2H3,(H,33,34)(H,35,41)(H,36,42)(H,37,38,39)/b7-4+. The van der Waals surface area contributed by atoms with Crippen LogP contribution >= 0.6 is 11.8 Å². The van der Waals surface area contributed by atoms with E-state index in [1.165, 1.54) is 6.08 Å². The molecule has 0 saturated heterocycles. The molecule has 0 aliphatic carbocycles. The Hall–Kier alpha value is -5.00. The maximum absolute atomic E-state index is 13.0. The molecular formula is C32H30N8O2S. The van der Waals surface area contributed by atoms with E-state index in [1.807, 2.05) is 61.7 Å². The van der Waals surface area contributed by atoms with Crippen LogP contribution in [0.3, 0.4) is 0 Å². The van der Waals surface area contributed by atoms with Crippen molar-refractivity contribution in [2.75, 3.05) is 42.3 Å². The summed E-state index contributed by atoms with van der Waals surface area (Å²) in [6, 6.07) is 18.3. The number of benzene rings is 2. The van der Waals surface area contributed by atoms with Crippen molar-refractivity contribution in [2.45, 2.75) is 11.3 Å². The third-order valence-corrected chi connectivity index (χ3v) is 7.85. The number of aromatic amines is 1. The van der Waals surface area contributed by atoms with Gasteiger partial charge < -0.3 is 25.8 Å². The number of hydrogen-bond donors (Lipinski definition) is 4. The van der Waals surface area contributed by atoms with Crippen LogP contribution in [0.1, 0.15) is 16.1 Å². The summed E-state index contributed by atoms with van der Waals surface area (Å²) in [4.78, 5) is 45.4. The molecule has 5 aromatic rings. The van der Waals surface area contributed by atoms with Crippen LogP contribution < -0.4 is 16.0 Å². The maximum atomic E-state index is 13.0. The van der Waals surface area contributed by atoms with Crippen LogP contribution in [0.5, 0.6) is 0 Å². The molecule has 0 fully saturated rings. The van der Waals surface area contributed by atoms with Crippen molar-refractivity contribution in [2.24, 2.45) is 0 Å². The summed E-state index contributed by atoms with van der Waals surface area (Å²) in [5.41, 5.74) is 6.10. The zero-order chi connectivity index (χ0) is 29.8. The predicted molar refractivity (Wildman–Crippen MR) is 172 cm³/mol. The van der Waals surface area contributed by atoms with E-state index in [-0.39, 0.29) is 11.8 Å². The Morgan fingerprint density at radius 3 is 2.67 bits per heavy atom. The summed E-state index contributed by atoms with van der Waals surface area (Å²) >= 11 is 1.77. The third-order valence-electron chi connectivity index (χ3n) is 6.73. The first-order valence-electron chi connectivity index (χ1n) is 13.8. The van der Waals surface area contributed by atoms with Gasteiger partial charge in [-0.25, -0.2) is 15.0 Å². The summed E-state index contributed by atoms with van der Waals surface area (Å²) < 4.78 is 0. The largest absolute Gasteiger partial charge is 0.346 e. The predicted octanol–water partition coefficient (Wildman–Crippen LogP) is 5.72. The van der Waals surface area contributed by atoms with Gasteiger partial charge in [0.05, 0.1) is 16.3 Å². The molecule has 2 aromatic carbocycles. The third kappa shape index (κ3) is 6.74. The molecule has 2 amide bonds. The van der Waals surface area contributed by atoms with E-state index in [0.717, 1.165) is 50.7 Å². The molecule has 0 unspecified atom stereocenters. The number of amides is 2. The number of H-pyrrole nitrogens is 1. The lowest BCUT2D eigenvalue weighted by Gasteiger charge is -2.12. The summed E-state index contributed by atoms with van der Waals surface area (Å²) in [5.74, 6) is 0.966. The van der Waals surface area contributed by atoms with Gasteiger partial charge in [-0.3, -0.25) is 9.59 Å². The smallest absolute Gasteiger partial charge is 0.255 e. The second kappa shape index (κ2) is 12.5. The number of hydrogen-bond acceptors (Lipinski definition) is 8. The van der Waals surface area contributed by atoms with E-state index >= 15 is 0 Å². The number of rotatable bonds is 9. The highest BCUT2D eigenvalue weighted by Gasteiger charge is 2.22. The molecule has 6 rings (SSSR count). The Labute approximate surface area is 253 Å². The van der Waals surface area contributed by atoms with Crippen LogP contribution in [0.25, 0.3) is 22.3 Å². The number of thioether (sulfide) groups is 1. The van der Waals surface area contributed by atoms with Gasteiger partial charge in [-0.15, -0.1) is 11.8 Å². The van der Waals surface area contributed by atoms with Gasteiger partial charge in [-0.05, 0) is 68.7 Å². The molecule has 0 spiro atoms. The number of nitrogens with zero attached hydrogens (tertiary/aromatic N) is 4. The fourth-order valence-electron chi connectivity index (χ4n) is 4.66. The lowest BCUT2D eigenvalue weighted by molar-refractivity contribution is -0.111. The second-order valence-electron chi connectivity index (χ2n) is 10.3. The first-order chi connectivity index (χ1) is 20.9. The molecule has 43 heavy (non-hydrogen) atoms. The molecular weight excluding hydrogens is 560 g/mol. The van der Waals surface area contributed by atoms with Crippen LogP contribution in [0.4, 0.5) is 23.0 Å². The maximum Gasteiger partial charge on any atom is 0.255 e. The minimum atomic E-state index is -0.262. The SMILES string of the molecule is CN(C)C/C=C/C(=O)Nc1ccc(C(=O)Nc2cccc(Nc3nc4c(c(-c5cnc6[nH]ccc6c5)n3)SCC4)c2)cc1. The first kappa shape index (κ1) is 28.1. The lowest BCUT2D eigenvalue weighted by Crippen LogP contribution is -2.13. The highest BCUT2D eigenvalue weighted by molar-refractivity contribution is 7.99. The molecule has 1 aliphatic heterocycles. The van der Waals surface area contributed by atoms with Crippen molar-refractivity contribution in [3.63, 3.8) is 0 Å². The molecule has 4 N–H and O–H groups in total. The molecule has 3 aromatic heterocycles. The highest BCUT2D eigenvalue weighted by atomic mass is 32.2. The Bertz CT molecular complexity index is 1830. The van der Waals surface area contributed by atoms with Crippen molar-refractivity contribution in [3.8, 4) is 11.3 Å². The van der Waals surface area contributed by atoms with Crippen LogP contribution in [-0.4, -0.2) is 63.0 Å². The lowest BCUT2D eigenvalue weighted by atomic mass is 10.1. The molecule has 11 heteroatoms. The number of fused-ring (bicyclic) bond motifs is 2. The molecule has 4 heterocycles. The van der Waals surface area contributed by atoms with Gasteiger partial charge in [0.1, 0.15) is 5.65 Å². The van der Waals surface area contributed by atoms with Crippen molar-refractivity contribution in [1.29, 1.82) is 0 Å². The summed E-state index contributed by atoms with van der Waals surface area (Å²) in [6.07, 6.45) is 7.87. The number of aromatic nitrogens is 4. The molecule has 0 saturated carbocycles. The van der Waals surface area contributed by atoms with E-state index < -0.39 is 0 Å². The van der Waals surface area contributed by atoms with Crippen molar-refractivity contribution in [3.05, 3.63) is 96.5 Å². The van der Waals surface area contributed by atoms with Gasteiger partial charge >= 0.3 is 0 Å². The van der Waals surface area contributed by atoms with Crippen LogP contribution in [-0.2, 0) is 11.2 Å². The molecule has 0 bridgehead atoms. The Morgan fingerprint density at radius 2 is 1.84 bits per heavy atom. The summed E-state index contributed by atoms with van der Waals surface area (Å²) in [6.45, 7) is 0.673. The Balaban J connectivity index is 1.14. The van der Waals surface area contributed by atoms with Gasteiger partial charge in [0.2, 0.25) is 11.9 Å². The molecule has 216 valence electrons.